The zero-order valence-electron chi connectivity index (χ0n) is 12.0. The molecule has 5 heteroatoms. The highest BCUT2D eigenvalue weighted by molar-refractivity contribution is 9.10. The maximum Gasteiger partial charge on any atom is 0.272 e. The van der Waals surface area contributed by atoms with Crippen LogP contribution in [0, 0.1) is 0 Å². The summed E-state index contributed by atoms with van der Waals surface area (Å²) in [5, 5.41) is 9.28. The number of benzene rings is 1. The maximum atomic E-state index is 12.3. The second kappa shape index (κ2) is 6.72. The normalized spacial score (nSPS) is 12.0. The minimum atomic E-state index is -0.103. The molecule has 2 rings (SSSR count). The highest BCUT2D eigenvalue weighted by atomic mass is 79.9. The third kappa shape index (κ3) is 4.04. The van der Waals surface area contributed by atoms with Crippen LogP contribution in [-0.2, 0) is 6.42 Å². The molecule has 0 radical (unpaired) electrons. The summed E-state index contributed by atoms with van der Waals surface area (Å²) in [5.41, 5.74) is 1.50. The molecule has 0 bridgehead atoms. The third-order valence-corrected chi connectivity index (χ3v) is 3.86. The van der Waals surface area contributed by atoms with Crippen molar-refractivity contribution in [2.24, 2.45) is 0 Å². The van der Waals surface area contributed by atoms with Gasteiger partial charge in [-0.05, 0) is 59.1 Å². The lowest BCUT2D eigenvalue weighted by molar-refractivity contribution is 0.0737. The molecule has 0 saturated heterocycles. The first-order valence-corrected chi connectivity index (χ1v) is 7.43. The molecule has 0 aliphatic rings. The number of phenolic OH excluding ortho intramolecular Hbond substituents is 1. The molecule has 0 fully saturated rings. The molecular weight excluding hydrogens is 332 g/mol. The van der Waals surface area contributed by atoms with Gasteiger partial charge >= 0.3 is 0 Å². The van der Waals surface area contributed by atoms with Crippen LogP contribution in [0.25, 0.3) is 0 Å². The van der Waals surface area contributed by atoms with Crippen LogP contribution >= 0.6 is 15.9 Å². The summed E-state index contributed by atoms with van der Waals surface area (Å²) in [6, 6.07) is 10.6. The van der Waals surface area contributed by atoms with E-state index in [4.69, 9.17) is 0 Å². The molecule has 0 spiro atoms. The molecule has 0 saturated carbocycles. The van der Waals surface area contributed by atoms with Crippen molar-refractivity contribution in [3.63, 3.8) is 0 Å². The molecule has 1 unspecified atom stereocenters. The predicted molar refractivity (Wildman–Crippen MR) is 85.3 cm³/mol. The number of hydrogen-bond donors (Lipinski definition) is 1. The van der Waals surface area contributed by atoms with Gasteiger partial charge < -0.3 is 10.0 Å². The number of amides is 1. The molecule has 1 aromatic heterocycles. The Hall–Kier alpha value is -1.88. The molecule has 110 valence electrons. The third-order valence-electron chi connectivity index (χ3n) is 3.40. The minimum Gasteiger partial charge on any atom is -0.508 e. The van der Waals surface area contributed by atoms with Gasteiger partial charge in [-0.25, -0.2) is 4.98 Å². The molecule has 1 heterocycles. The molecule has 1 aromatic carbocycles. The monoisotopic (exact) mass is 348 g/mol. The van der Waals surface area contributed by atoms with Crippen LogP contribution in [0.3, 0.4) is 0 Å². The molecule has 0 aliphatic heterocycles. The summed E-state index contributed by atoms with van der Waals surface area (Å²) in [6.07, 6.45) is 2.34. The first-order chi connectivity index (χ1) is 9.97. The predicted octanol–water partition coefficient (Wildman–Crippen LogP) is 3.25. The Morgan fingerprint density at radius 2 is 1.95 bits per heavy atom. The van der Waals surface area contributed by atoms with Crippen LogP contribution in [0.4, 0.5) is 0 Å². The van der Waals surface area contributed by atoms with E-state index < -0.39 is 0 Å². The van der Waals surface area contributed by atoms with Crippen LogP contribution in [-0.4, -0.2) is 34.0 Å². The molecule has 2 aromatic rings. The van der Waals surface area contributed by atoms with Gasteiger partial charge in [-0.3, -0.25) is 4.79 Å². The zero-order chi connectivity index (χ0) is 15.4. The Morgan fingerprint density at radius 1 is 1.29 bits per heavy atom. The SMILES string of the molecule is CC(Cc1ccc(O)cc1)N(C)C(=O)c1ccc(Br)cn1. The number of likely N-dealkylation sites (N-methyl/N-ethyl adjacent to an activating group) is 1. The van der Waals surface area contributed by atoms with Gasteiger partial charge in [0.2, 0.25) is 0 Å². The Labute approximate surface area is 132 Å². The van der Waals surface area contributed by atoms with E-state index in [-0.39, 0.29) is 17.7 Å². The van der Waals surface area contributed by atoms with E-state index in [1.54, 1.807) is 42.4 Å². The highest BCUT2D eigenvalue weighted by Gasteiger charge is 2.18. The number of carbonyl (C=O) groups excluding carboxylic acids is 1. The maximum absolute atomic E-state index is 12.3. The van der Waals surface area contributed by atoms with Crippen molar-refractivity contribution in [1.82, 2.24) is 9.88 Å². The van der Waals surface area contributed by atoms with Crippen molar-refractivity contribution in [3.05, 3.63) is 58.3 Å². The Balaban J connectivity index is 2.04. The number of carbonyl (C=O) groups is 1. The van der Waals surface area contributed by atoms with Gasteiger partial charge in [0.05, 0.1) is 0 Å². The lowest BCUT2D eigenvalue weighted by atomic mass is 10.1. The first-order valence-electron chi connectivity index (χ1n) is 6.64. The first kappa shape index (κ1) is 15.5. The van der Waals surface area contributed by atoms with Gasteiger partial charge in [0.15, 0.2) is 0 Å². The van der Waals surface area contributed by atoms with Gasteiger partial charge in [-0.15, -0.1) is 0 Å². The van der Waals surface area contributed by atoms with Crippen LogP contribution in [0.5, 0.6) is 5.75 Å². The molecule has 1 N–H and O–H groups in total. The van der Waals surface area contributed by atoms with Crippen molar-refractivity contribution < 1.29 is 9.90 Å². The van der Waals surface area contributed by atoms with Crippen molar-refractivity contribution >= 4 is 21.8 Å². The van der Waals surface area contributed by atoms with Crippen molar-refractivity contribution in [1.29, 1.82) is 0 Å². The fraction of sp³-hybridized carbons (Fsp3) is 0.250. The van der Waals surface area contributed by atoms with E-state index in [2.05, 4.69) is 20.9 Å². The largest absolute Gasteiger partial charge is 0.508 e. The molecule has 21 heavy (non-hydrogen) atoms. The summed E-state index contributed by atoms with van der Waals surface area (Å²) < 4.78 is 0.846. The van der Waals surface area contributed by atoms with Gasteiger partial charge in [-0.1, -0.05) is 12.1 Å². The zero-order valence-corrected chi connectivity index (χ0v) is 13.5. The summed E-state index contributed by atoms with van der Waals surface area (Å²) in [7, 11) is 1.77. The second-order valence-corrected chi connectivity index (χ2v) is 5.91. The van der Waals surface area contributed by atoms with Crippen molar-refractivity contribution in [2.75, 3.05) is 7.05 Å². The van der Waals surface area contributed by atoms with E-state index in [9.17, 15) is 9.90 Å². The Kier molecular flexibility index (Phi) is 4.96. The number of aromatic hydroxyl groups is 1. The van der Waals surface area contributed by atoms with Crippen LogP contribution in [0.2, 0.25) is 0 Å². The van der Waals surface area contributed by atoms with E-state index in [1.165, 1.54) is 0 Å². The summed E-state index contributed by atoms with van der Waals surface area (Å²) in [5.74, 6) is 0.142. The van der Waals surface area contributed by atoms with Crippen LogP contribution < -0.4 is 0 Å². The van der Waals surface area contributed by atoms with Crippen molar-refractivity contribution in [3.8, 4) is 5.75 Å². The second-order valence-electron chi connectivity index (χ2n) is 5.00. The number of hydrogen-bond acceptors (Lipinski definition) is 3. The molecule has 1 atom stereocenters. The number of halogens is 1. The average Bonchev–Trinajstić information content (AvgIpc) is 2.49. The summed E-state index contributed by atoms with van der Waals surface area (Å²) in [6.45, 7) is 1.99. The summed E-state index contributed by atoms with van der Waals surface area (Å²) in [4.78, 5) is 18.2. The number of rotatable bonds is 4. The molecular formula is C16H17BrN2O2. The standard InChI is InChI=1S/C16H17BrN2O2/c1-11(9-12-3-6-14(20)7-4-12)19(2)16(21)15-8-5-13(17)10-18-15/h3-8,10-11,20H,9H2,1-2H3. The van der Waals surface area contributed by atoms with E-state index in [0.29, 0.717) is 5.69 Å². The number of aromatic nitrogens is 1. The van der Waals surface area contributed by atoms with Gasteiger partial charge in [-0.2, -0.15) is 0 Å². The van der Waals surface area contributed by atoms with Gasteiger partial charge in [0.25, 0.3) is 5.91 Å². The van der Waals surface area contributed by atoms with Crippen LogP contribution in [0.1, 0.15) is 23.0 Å². The molecule has 1 amide bonds. The number of pyridine rings is 1. The number of phenols is 1. The number of nitrogens with zero attached hydrogens (tertiary/aromatic N) is 2. The lowest BCUT2D eigenvalue weighted by Gasteiger charge is -2.24. The molecule has 4 nitrogen and oxygen atoms in total. The summed E-state index contributed by atoms with van der Waals surface area (Å²) >= 11 is 3.30. The van der Waals surface area contributed by atoms with E-state index in [0.717, 1.165) is 16.5 Å². The average molecular weight is 349 g/mol. The van der Waals surface area contributed by atoms with Crippen LogP contribution in [0.15, 0.2) is 47.1 Å². The smallest absolute Gasteiger partial charge is 0.272 e. The van der Waals surface area contributed by atoms with E-state index >= 15 is 0 Å². The lowest BCUT2D eigenvalue weighted by Crippen LogP contribution is -2.36. The van der Waals surface area contributed by atoms with Gasteiger partial charge in [0, 0.05) is 23.8 Å². The Morgan fingerprint density at radius 3 is 2.52 bits per heavy atom. The highest BCUT2D eigenvalue weighted by Crippen LogP contribution is 2.15. The minimum absolute atomic E-state index is 0.0347. The fourth-order valence-electron chi connectivity index (χ4n) is 1.99. The fourth-order valence-corrected chi connectivity index (χ4v) is 2.23. The van der Waals surface area contributed by atoms with Gasteiger partial charge in [0.1, 0.15) is 11.4 Å². The van der Waals surface area contributed by atoms with Crippen molar-refractivity contribution in [2.45, 2.75) is 19.4 Å². The quantitative estimate of drug-likeness (QED) is 0.922. The topological polar surface area (TPSA) is 53.4 Å². The molecule has 0 aliphatic carbocycles. The van der Waals surface area contributed by atoms with E-state index in [1.807, 2.05) is 19.1 Å². The Bertz CT molecular complexity index is 611.